The van der Waals surface area contributed by atoms with Gasteiger partial charge in [0.1, 0.15) is 5.75 Å². The van der Waals surface area contributed by atoms with Crippen LogP contribution in [0.5, 0.6) is 5.75 Å². The normalized spacial score (nSPS) is 10.8. The van der Waals surface area contributed by atoms with Gasteiger partial charge in [0, 0.05) is 12.7 Å². The number of rotatable bonds is 5. The Balaban J connectivity index is 2.12. The zero-order valence-corrected chi connectivity index (χ0v) is 14.4. The molecule has 0 fully saturated rings. The van der Waals surface area contributed by atoms with Crippen LogP contribution < -0.4 is 19.7 Å². The van der Waals surface area contributed by atoms with Crippen LogP contribution in [-0.2, 0) is 10.0 Å². The fourth-order valence-corrected chi connectivity index (χ4v) is 2.50. The second-order valence-electron chi connectivity index (χ2n) is 5.06. The molecule has 0 bridgehead atoms. The minimum Gasteiger partial charge on any atom is -0.495 e. The van der Waals surface area contributed by atoms with Gasteiger partial charge in [0.05, 0.1) is 24.7 Å². The summed E-state index contributed by atoms with van der Waals surface area (Å²) < 4.78 is 29.5. The minimum absolute atomic E-state index is 0.451. The molecule has 2 aromatic rings. The summed E-state index contributed by atoms with van der Waals surface area (Å²) in [4.78, 5) is 12.1. The highest BCUT2D eigenvalue weighted by atomic mass is 32.2. The maximum absolute atomic E-state index is 12.1. The van der Waals surface area contributed by atoms with E-state index in [1.165, 1.54) is 14.2 Å². The van der Waals surface area contributed by atoms with Crippen LogP contribution in [0.2, 0.25) is 0 Å². The topological polar surface area (TPSA) is 87.7 Å². The molecule has 2 amide bonds. The van der Waals surface area contributed by atoms with Crippen LogP contribution in [0.3, 0.4) is 0 Å². The Morgan fingerprint density at radius 3 is 2.46 bits per heavy atom. The molecule has 0 heterocycles. The standard InChI is InChI=1S/C16H19N3O4S/c1-19(24(3,21)22)13-8-6-7-12(11-13)17-16(20)18-14-9-4-5-10-15(14)23-2/h4-11H,1-3H3,(H2,17,18,20). The van der Waals surface area contributed by atoms with Gasteiger partial charge in [0.2, 0.25) is 10.0 Å². The van der Waals surface area contributed by atoms with Gasteiger partial charge in [0.15, 0.2) is 0 Å². The first-order valence-electron chi connectivity index (χ1n) is 7.06. The van der Waals surface area contributed by atoms with Gasteiger partial charge in [-0.1, -0.05) is 18.2 Å². The van der Waals surface area contributed by atoms with Crippen molar-refractivity contribution < 1.29 is 17.9 Å². The van der Waals surface area contributed by atoms with Crippen molar-refractivity contribution in [2.45, 2.75) is 0 Å². The molecule has 0 spiro atoms. The van der Waals surface area contributed by atoms with E-state index in [1.807, 2.05) is 0 Å². The molecule has 0 aliphatic carbocycles. The highest BCUT2D eigenvalue weighted by molar-refractivity contribution is 7.92. The fourth-order valence-electron chi connectivity index (χ4n) is 2.00. The van der Waals surface area contributed by atoms with Gasteiger partial charge in [-0.15, -0.1) is 0 Å². The molecule has 2 aromatic carbocycles. The molecule has 0 aromatic heterocycles. The Morgan fingerprint density at radius 1 is 1.08 bits per heavy atom. The number of carbonyl (C=O) groups excluding carboxylic acids is 1. The van der Waals surface area contributed by atoms with Crippen LogP contribution in [0, 0.1) is 0 Å². The number of para-hydroxylation sites is 2. The van der Waals surface area contributed by atoms with Crippen LogP contribution >= 0.6 is 0 Å². The molecule has 2 N–H and O–H groups in total. The quantitative estimate of drug-likeness (QED) is 0.869. The highest BCUT2D eigenvalue weighted by Gasteiger charge is 2.13. The lowest BCUT2D eigenvalue weighted by molar-refractivity contribution is 0.262. The maximum atomic E-state index is 12.1. The molecular weight excluding hydrogens is 330 g/mol. The summed E-state index contributed by atoms with van der Waals surface area (Å²) in [6, 6.07) is 13.1. The molecule has 0 saturated heterocycles. The van der Waals surface area contributed by atoms with Crippen molar-refractivity contribution >= 4 is 33.1 Å². The molecule has 0 radical (unpaired) electrons. The monoisotopic (exact) mass is 349 g/mol. The molecular formula is C16H19N3O4S. The van der Waals surface area contributed by atoms with Gasteiger partial charge in [-0.25, -0.2) is 13.2 Å². The molecule has 0 aliphatic heterocycles. The minimum atomic E-state index is -3.37. The predicted molar refractivity (Wildman–Crippen MR) is 95.3 cm³/mol. The Kier molecular flexibility index (Phi) is 5.30. The van der Waals surface area contributed by atoms with Crippen LogP contribution in [0.25, 0.3) is 0 Å². The number of carbonyl (C=O) groups is 1. The van der Waals surface area contributed by atoms with Crippen molar-refractivity contribution in [1.29, 1.82) is 0 Å². The number of hydrogen-bond acceptors (Lipinski definition) is 4. The third-order valence-electron chi connectivity index (χ3n) is 3.32. The van der Waals surface area contributed by atoms with Crippen molar-refractivity contribution in [1.82, 2.24) is 0 Å². The largest absolute Gasteiger partial charge is 0.495 e. The van der Waals surface area contributed by atoms with Crippen LogP contribution in [-0.4, -0.2) is 34.9 Å². The second kappa shape index (κ2) is 7.22. The van der Waals surface area contributed by atoms with E-state index in [0.717, 1.165) is 10.6 Å². The van der Waals surface area contributed by atoms with Crippen molar-refractivity contribution in [3.63, 3.8) is 0 Å². The SMILES string of the molecule is COc1ccccc1NC(=O)Nc1cccc(N(C)S(C)(=O)=O)c1. The lowest BCUT2D eigenvalue weighted by Gasteiger charge is -2.17. The number of sulfonamides is 1. The van der Waals surface area contributed by atoms with Gasteiger partial charge in [-0.3, -0.25) is 4.31 Å². The number of nitrogens with zero attached hydrogens (tertiary/aromatic N) is 1. The number of nitrogens with one attached hydrogen (secondary N) is 2. The van der Waals surface area contributed by atoms with E-state index in [2.05, 4.69) is 10.6 Å². The number of benzene rings is 2. The number of anilines is 3. The van der Waals surface area contributed by atoms with E-state index >= 15 is 0 Å². The van der Waals surface area contributed by atoms with E-state index in [0.29, 0.717) is 22.8 Å². The first-order chi connectivity index (χ1) is 11.3. The summed E-state index contributed by atoms with van der Waals surface area (Å²) in [7, 11) is -0.406. The first kappa shape index (κ1) is 17.6. The summed E-state index contributed by atoms with van der Waals surface area (Å²) in [5.41, 5.74) is 1.45. The average molecular weight is 349 g/mol. The zero-order chi connectivity index (χ0) is 17.7. The smallest absolute Gasteiger partial charge is 0.323 e. The third-order valence-corrected chi connectivity index (χ3v) is 4.53. The highest BCUT2D eigenvalue weighted by Crippen LogP contribution is 2.24. The van der Waals surface area contributed by atoms with Gasteiger partial charge >= 0.3 is 6.03 Å². The third kappa shape index (κ3) is 4.39. The lowest BCUT2D eigenvalue weighted by atomic mass is 10.2. The van der Waals surface area contributed by atoms with Crippen molar-refractivity contribution in [2.24, 2.45) is 0 Å². The number of methoxy groups -OCH3 is 1. The summed E-state index contributed by atoms with van der Waals surface area (Å²) in [6.45, 7) is 0. The molecule has 0 saturated carbocycles. The second-order valence-corrected chi connectivity index (χ2v) is 7.07. The summed E-state index contributed by atoms with van der Waals surface area (Å²) in [5, 5.41) is 5.34. The summed E-state index contributed by atoms with van der Waals surface area (Å²) in [6.07, 6.45) is 1.11. The molecule has 128 valence electrons. The van der Waals surface area contributed by atoms with Gasteiger partial charge < -0.3 is 15.4 Å². The van der Waals surface area contributed by atoms with Crippen molar-refractivity contribution in [3.8, 4) is 5.75 Å². The Bertz CT molecular complexity index is 837. The Labute approximate surface area is 141 Å². The molecule has 0 atom stereocenters. The number of urea groups is 1. The number of ether oxygens (including phenoxy) is 1. The molecule has 2 rings (SSSR count). The summed E-state index contributed by atoms with van der Waals surface area (Å²) in [5.74, 6) is 0.540. The van der Waals surface area contributed by atoms with E-state index in [1.54, 1.807) is 48.5 Å². The van der Waals surface area contributed by atoms with Gasteiger partial charge in [-0.2, -0.15) is 0 Å². The van der Waals surface area contributed by atoms with Crippen molar-refractivity contribution in [2.75, 3.05) is 35.4 Å². The van der Waals surface area contributed by atoms with E-state index in [-0.39, 0.29) is 0 Å². The van der Waals surface area contributed by atoms with Crippen molar-refractivity contribution in [3.05, 3.63) is 48.5 Å². The van der Waals surface area contributed by atoms with Crippen LogP contribution in [0.4, 0.5) is 21.9 Å². The van der Waals surface area contributed by atoms with Gasteiger partial charge in [-0.05, 0) is 30.3 Å². The number of hydrogen-bond donors (Lipinski definition) is 2. The zero-order valence-electron chi connectivity index (χ0n) is 13.6. The average Bonchev–Trinajstić information content (AvgIpc) is 2.54. The van der Waals surface area contributed by atoms with E-state index in [9.17, 15) is 13.2 Å². The number of amides is 2. The van der Waals surface area contributed by atoms with E-state index < -0.39 is 16.1 Å². The van der Waals surface area contributed by atoms with E-state index in [4.69, 9.17) is 4.74 Å². The first-order valence-corrected chi connectivity index (χ1v) is 8.91. The predicted octanol–water partition coefficient (Wildman–Crippen LogP) is 2.74. The maximum Gasteiger partial charge on any atom is 0.323 e. The van der Waals surface area contributed by atoms with Crippen LogP contribution in [0.15, 0.2) is 48.5 Å². The molecule has 0 aliphatic rings. The Morgan fingerprint density at radius 2 is 1.79 bits per heavy atom. The fraction of sp³-hybridized carbons (Fsp3) is 0.188. The molecule has 8 heteroatoms. The molecule has 7 nitrogen and oxygen atoms in total. The van der Waals surface area contributed by atoms with Gasteiger partial charge in [0.25, 0.3) is 0 Å². The molecule has 24 heavy (non-hydrogen) atoms. The summed E-state index contributed by atoms with van der Waals surface area (Å²) >= 11 is 0. The Hall–Kier alpha value is -2.74. The molecule has 0 unspecified atom stereocenters. The lowest BCUT2D eigenvalue weighted by Crippen LogP contribution is -2.25. The van der Waals surface area contributed by atoms with Crippen LogP contribution in [0.1, 0.15) is 0 Å².